The van der Waals surface area contributed by atoms with Crippen molar-refractivity contribution in [2.24, 2.45) is 0 Å². The van der Waals surface area contributed by atoms with Gasteiger partial charge in [0.2, 0.25) is 5.13 Å². The van der Waals surface area contributed by atoms with Crippen molar-refractivity contribution in [3.63, 3.8) is 0 Å². The first-order chi connectivity index (χ1) is 15.6. The SMILES string of the molecule is C[C@H](NC(=O)c1cc(Cl)cc(C(F)(F)F)c1)c1ncnn1-c1nc(-c2cccc(Cl)c2)cs1. The summed E-state index contributed by atoms with van der Waals surface area (Å²) in [6, 6.07) is 9.22. The fourth-order valence-corrected chi connectivity index (χ4v) is 4.29. The number of amides is 1. The monoisotopic (exact) mass is 511 g/mol. The van der Waals surface area contributed by atoms with Gasteiger partial charge in [0.15, 0.2) is 5.82 Å². The number of aromatic nitrogens is 4. The van der Waals surface area contributed by atoms with E-state index in [2.05, 4.69) is 20.4 Å². The summed E-state index contributed by atoms with van der Waals surface area (Å²) in [7, 11) is 0. The van der Waals surface area contributed by atoms with Gasteiger partial charge in [-0.25, -0.2) is 9.97 Å². The number of hydrogen-bond donors (Lipinski definition) is 1. The quantitative estimate of drug-likeness (QED) is 0.345. The third-order valence-corrected chi connectivity index (χ3v) is 5.86. The molecule has 2 aromatic carbocycles. The zero-order valence-electron chi connectivity index (χ0n) is 16.8. The van der Waals surface area contributed by atoms with Gasteiger partial charge in [0, 0.05) is 26.6 Å². The third kappa shape index (κ3) is 5.18. The molecular weight excluding hydrogens is 498 g/mol. The maximum absolute atomic E-state index is 13.1. The summed E-state index contributed by atoms with van der Waals surface area (Å²) < 4.78 is 40.6. The molecule has 2 aromatic heterocycles. The van der Waals surface area contributed by atoms with Gasteiger partial charge in [-0.1, -0.05) is 35.3 Å². The van der Waals surface area contributed by atoms with Gasteiger partial charge in [0.1, 0.15) is 6.33 Å². The molecule has 1 amide bonds. The molecule has 4 rings (SSSR count). The van der Waals surface area contributed by atoms with Gasteiger partial charge in [-0.05, 0) is 37.3 Å². The van der Waals surface area contributed by atoms with Crippen LogP contribution in [0.4, 0.5) is 13.2 Å². The molecule has 0 fully saturated rings. The first-order valence-electron chi connectivity index (χ1n) is 9.42. The van der Waals surface area contributed by atoms with E-state index in [4.69, 9.17) is 23.2 Å². The van der Waals surface area contributed by atoms with Gasteiger partial charge in [-0.2, -0.15) is 23.0 Å². The minimum Gasteiger partial charge on any atom is -0.342 e. The number of alkyl halides is 3. The highest BCUT2D eigenvalue weighted by molar-refractivity contribution is 7.12. The molecule has 6 nitrogen and oxygen atoms in total. The van der Waals surface area contributed by atoms with Gasteiger partial charge >= 0.3 is 6.18 Å². The minimum atomic E-state index is -4.63. The normalized spacial score (nSPS) is 12.5. The Hall–Kier alpha value is -2.95. The van der Waals surface area contributed by atoms with Crippen LogP contribution in [0.3, 0.4) is 0 Å². The number of hydrogen-bond acceptors (Lipinski definition) is 5. The van der Waals surface area contributed by atoms with Crippen LogP contribution in [-0.2, 0) is 6.18 Å². The van der Waals surface area contributed by atoms with Crippen molar-refractivity contribution in [3.05, 3.63) is 81.2 Å². The number of carbonyl (C=O) groups excluding carboxylic acids is 1. The fourth-order valence-electron chi connectivity index (χ4n) is 3.06. The molecule has 0 aliphatic rings. The van der Waals surface area contributed by atoms with Crippen molar-refractivity contribution in [2.45, 2.75) is 19.1 Å². The third-order valence-electron chi connectivity index (χ3n) is 4.59. The van der Waals surface area contributed by atoms with Crippen molar-refractivity contribution in [2.75, 3.05) is 0 Å². The molecular formula is C21H14Cl2F3N5OS. The van der Waals surface area contributed by atoms with E-state index in [0.29, 0.717) is 21.7 Å². The number of rotatable bonds is 5. The molecule has 0 aliphatic heterocycles. The molecule has 33 heavy (non-hydrogen) atoms. The van der Waals surface area contributed by atoms with E-state index in [1.54, 1.807) is 19.1 Å². The standard InChI is InChI=1S/C21H14Cl2F3N5OS/c1-11(29-19(32)13-5-14(21(24,25)26)8-16(23)7-13)18-27-10-28-31(18)20-30-17(9-33-20)12-3-2-4-15(22)6-12/h2-11H,1H3,(H,29,32)/t11-/m0/s1. The Balaban J connectivity index is 1.56. The van der Waals surface area contributed by atoms with Crippen molar-refractivity contribution in [3.8, 4) is 16.4 Å². The lowest BCUT2D eigenvalue weighted by Gasteiger charge is -2.15. The molecule has 1 N–H and O–H groups in total. The molecule has 12 heteroatoms. The second kappa shape index (κ2) is 9.12. The Bertz CT molecular complexity index is 1320. The summed E-state index contributed by atoms with van der Waals surface area (Å²) >= 11 is 13.1. The van der Waals surface area contributed by atoms with Crippen LogP contribution in [0.1, 0.15) is 34.7 Å². The summed E-state index contributed by atoms with van der Waals surface area (Å²) in [4.78, 5) is 21.4. The van der Waals surface area contributed by atoms with Crippen molar-refractivity contribution in [1.82, 2.24) is 25.1 Å². The zero-order chi connectivity index (χ0) is 23.8. The molecule has 0 radical (unpaired) electrons. The van der Waals surface area contributed by atoms with E-state index in [-0.39, 0.29) is 10.6 Å². The van der Waals surface area contributed by atoms with E-state index in [0.717, 1.165) is 17.7 Å². The zero-order valence-corrected chi connectivity index (χ0v) is 19.1. The second-order valence-corrected chi connectivity index (χ2v) is 8.69. The molecule has 0 bridgehead atoms. The summed E-state index contributed by atoms with van der Waals surface area (Å²) in [6.45, 7) is 1.64. The lowest BCUT2D eigenvalue weighted by molar-refractivity contribution is -0.137. The van der Waals surface area contributed by atoms with Crippen LogP contribution >= 0.6 is 34.5 Å². The predicted molar refractivity (Wildman–Crippen MR) is 120 cm³/mol. The Morgan fingerprint density at radius 3 is 2.67 bits per heavy atom. The van der Waals surface area contributed by atoms with Crippen LogP contribution in [0.2, 0.25) is 10.0 Å². The van der Waals surface area contributed by atoms with Gasteiger partial charge in [0.05, 0.1) is 17.3 Å². The van der Waals surface area contributed by atoms with Gasteiger partial charge in [-0.3, -0.25) is 4.79 Å². The topological polar surface area (TPSA) is 72.7 Å². The number of nitrogens with zero attached hydrogens (tertiary/aromatic N) is 4. The van der Waals surface area contributed by atoms with Gasteiger partial charge in [0.25, 0.3) is 5.91 Å². The van der Waals surface area contributed by atoms with E-state index in [1.807, 2.05) is 17.5 Å². The van der Waals surface area contributed by atoms with Crippen molar-refractivity contribution < 1.29 is 18.0 Å². The highest BCUT2D eigenvalue weighted by atomic mass is 35.5. The minimum absolute atomic E-state index is 0.192. The summed E-state index contributed by atoms with van der Waals surface area (Å²) in [5, 5.41) is 9.53. The molecule has 0 saturated heterocycles. The summed E-state index contributed by atoms with van der Waals surface area (Å²) in [6.07, 6.45) is -3.32. The molecule has 0 saturated carbocycles. The number of carbonyl (C=O) groups is 1. The number of thiazole rings is 1. The predicted octanol–water partition coefficient (Wildman–Crippen LogP) is 6.21. The van der Waals surface area contributed by atoms with Gasteiger partial charge < -0.3 is 5.32 Å². The smallest absolute Gasteiger partial charge is 0.342 e. The Labute approximate surface area is 200 Å². The largest absolute Gasteiger partial charge is 0.416 e. The molecule has 1 atom stereocenters. The van der Waals surface area contributed by atoms with Crippen LogP contribution in [0.15, 0.2) is 54.2 Å². The van der Waals surface area contributed by atoms with Crippen LogP contribution in [-0.4, -0.2) is 25.7 Å². The molecule has 170 valence electrons. The lowest BCUT2D eigenvalue weighted by Crippen LogP contribution is -2.29. The first-order valence-corrected chi connectivity index (χ1v) is 11.1. The second-order valence-electron chi connectivity index (χ2n) is 6.98. The molecule has 2 heterocycles. The molecule has 0 spiro atoms. The average molecular weight is 512 g/mol. The number of nitrogens with one attached hydrogen (secondary N) is 1. The van der Waals surface area contributed by atoms with Crippen LogP contribution < -0.4 is 5.32 Å². The summed E-state index contributed by atoms with van der Waals surface area (Å²) in [5.41, 5.74) is 0.293. The molecule has 0 unspecified atom stereocenters. The Kier molecular flexibility index (Phi) is 6.42. The molecule has 0 aliphatic carbocycles. The Morgan fingerprint density at radius 1 is 1.15 bits per heavy atom. The van der Waals surface area contributed by atoms with E-state index >= 15 is 0 Å². The lowest BCUT2D eigenvalue weighted by atomic mass is 10.1. The van der Waals surface area contributed by atoms with Crippen molar-refractivity contribution >= 4 is 40.4 Å². The average Bonchev–Trinajstić information content (AvgIpc) is 3.42. The Morgan fingerprint density at radius 2 is 1.94 bits per heavy atom. The first kappa shape index (κ1) is 23.2. The van der Waals surface area contributed by atoms with E-state index < -0.39 is 23.7 Å². The van der Waals surface area contributed by atoms with E-state index in [1.165, 1.54) is 28.4 Å². The number of benzene rings is 2. The fraction of sp³-hybridized carbons (Fsp3) is 0.143. The van der Waals surface area contributed by atoms with Crippen LogP contribution in [0, 0.1) is 0 Å². The van der Waals surface area contributed by atoms with Crippen molar-refractivity contribution in [1.29, 1.82) is 0 Å². The van der Waals surface area contributed by atoms with Crippen LogP contribution in [0.25, 0.3) is 16.4 Å². The maximum Gasteiger partial charge on any atom is 0.416 e. The highest BCUT2D eigenvalue weighted by Crippen LogP contribution is 2.32. The van der Waals surface area contributed by atoms with Crippen LogP contribution in [0.5, 0.6) is 0 Å². The number of halogens is 5. The molecule has 4 aromatic rings. The van der Waals surface area contributed by atoms with Gasteiger partial charge in [-0.15, -0.1) is 11.3 Å². The highest BCUT2D eigenvalue weighted by Gasteiger charge is 2.32. The maximum atomic E-state index is 13.1. The summed E-state index contributed by atoms with van der Waals surface area (Å²) in [5.74, 6) is -0.378. The van der Waals surface area contributed by atoms with E-state index in [9.17, 15) is 18.0 Å².